The van der Waals surface area contributed by atoms with Gasteiger partial charge in [-0.05, 0) is 11.8 Å². The molecule has 0 spiro atoms. The minimum atomic E-state index is 0.334. The quantitative estimate of drug-likeness (QED) is 0.771. The predicted molar refractivity (Wildman–Crippen MR) is 59.0 cm³/mol. The zero-order valence-electron chi connectivity index (χ0n) is 9.04. The van der Waals surface area contributed by atoms with Crippen LogP contribution in [0, 0.1) is 5.41 Å². The molecule has 0 fully saturated rings. The molecule has 0 bridgehead atoms. The molecule has 0 unspecified atom stereocenters. The molecule has 0 saturated carbocycles. The molecule has 0 aromatic carbocycles. The van der Waals surface area contributed by atoms with Crippen LogP contribution >= 0.6 is 0 Å². The molecule has 0 aliphatic rings. The van der Waals surface area contributed by atoms with Crippen LogP contribution < -0.4 is 11.1 Å². The van der Waals surface area contributed by atoms with Gasteiger partial charge >= 0.3 is 0 Å². The number of hydrogen-bond donors (Lipinski definition) is 2. The summed E-state index contributed by atoms with van der Waals surface area (Å²) in [6, 6.07) is 0. The minimum absolute atomic E-state index is 0.334. The SMILES string of the molecule is CC(C)(C)CCNc1cncc(N)n1. The van der Waals surface area contributed by atoms with Crippen molar-refractivity contribution in [3.63, 3.8) is 0 Å². The Morgan fingerprint density at radius 1 is 1.36 bits per heavy atom. The maximum Gasteiger partial charge on any atom is 0.146 e. The van der Waals surface area contributed by atoms with Gasteiger partial charge in [0.15, 0.2) is 0 Å². The summed E-state index contributed by atoms with van der Waals surface area (Å²) < 4.78 is 0. The standard InChI is InChI=1S/C10H18N4/c1-10(2,3)4-5-13-9-7-12-6-8(11)14-9/h6-7H,4-5H2,1-3H3,(H3,11,13,14). The Labute approximate surface area is 85.0 Å². The maximum atomic E-state index is 5.50. The molecule has 1 aromatic heterocycles. The number of nitrogens with two attached hydrogens (primary N) is 1. The van der Waals surface area contributed by atoms with Crippen LogP contribution in [0.25, 0.3) is 0 Å². The molecule has 4 heteroatoms. The first kappa shape index (κ1) is 10.8. The highest BCUT2D eigenvalue weighted by Crippen LogP contribution is 2.18. The van der Waals surface area contributed by atoms with E-state index in [-0.39, 0.29) is 0 Å². The molecule has 78 valence electrons. The van der Waals surface area contributed by atoms with Crippen molar-refractivity contribution < 1.29 is 0 Å². The van der Waals surface area contributed by atoms with E-state index in [0.717, 1.165) is 18.8 Å². The second-order valence-corrected chi connectivity index (χ2v) is 4.57. The molecular formula is C10H18N4. The summed E-state index contributed by atoms with van der Waals surface area (Å²) in [6.45, 7) is 7.51. The van der Waals surface area contributed by atoms with Crippen molar-refractivity contribution in [2.75, 3.05) is 17.6 Å². The summed E-state index contributed by atoms with van der Waals surface area (Å²) in [6.07, 6.45) is 4.30. The Bertz CT molecular complexity index is 290. The highest BCUT2D eigenvalue weighted by Gasteiger charge is 2.09. The third kappa shape index (κ3) is 4.07. The molecule has 1 aromatic rings. The summed E-state index contributed by atoms with van der Waals surface area (Å²) in [5.41, 5.74) is 5.84. The first-order valence-corrected chi connectivity index (χ1v) is 4.79. The lowest BCUT2D eigenvalue weighted by atomic mass is 9.92. The summed E-state index contributed by atoms with van der Waals surface area (Å²) >= 11 is 0. The summed E-state index contributed by atoms with van der Waals surface area (Å²) in [4.78, 5) is 8.05. The van der Waals surface area contributed by atoms with Gasteiger partial charge in [-0.2, -0.15) is 0 Å². The molecule has 0 atom stereocenters. The van der Waals surface area contributed by atoms with Gasteiger partial charge in [0.25, 0.3) is 0 Å². The van der Waals surface area contributed by atoms with Crippen molar-refractivity contribution in [1.29, 1.82) is 0 Å². The molecule has 0 aliphatic carbocycles. The average molecular weight is 194 g/mol. The third-order valence-corrected chi connectivity index (χ3v) is 1.83. The number of aromatic nitrogens is 2. The number of anilines is 2. The zero-order chi connectivity index (χ0) is 10.6. The van der Waals surface area contributed by atoms with Crippen molar-refractivity contribution in [2.45, 2.75) is 27.2 Å². The van der Waals surface area contributed by atoms with Crippen LogP contribution in [0.1, 0.15) is 27.2 Å². The molecule has 1 heterocycles. The Morgan fingerprint density at radius 3 is 2.64 bits per heavy atom. The smallest absolute Gasteiger partial charge is 0.146 e. The van der Waals surface area contributed by atoms with E-state index < -0.39 is 0 Å². The molecule has 0 radical (unpaired) electrons. The molecule has 0 aliphatic heterocycles. The lowest BCUT2D eigenvalue weighted by molar-refractivity contribution is 0.389. The first-order chi connectivity index (χ1) is 6.47. The van der Waals surface area contributed by atoms with Crippen molar-refractivity contribution in [3.8, 4) is 0 Å². The van der Waals surface area contributed by atoms with Gasteiger partial charge in [0.2, 0.25) is 0 Å². The molecule has 3 N–H and O–H groups in total. The van der Waals surface area contributed by atoms with Crippen LogP contribution in [0.5, 0.6) is 0 Å². The van der Waals surface area contributed by atoms with Crippen LogP contribution in [0.2, 0.25) is 0 Å². The van der Waals surface area contributed by atoms with Gasteiger partial charge in [-0.1, -0.05) is 20.8 Å². The molecular weight excluding hydrogens is 176 g/mol. The Kier molecular flexibility index (Phi) is 3.28. The second-order valence-electron chi connectivity index (χ2n) is 4.57. The van der Waals surface area contributed by atoms with Gasteiger partial charge in [0.1, 0.15) is 11.6 Å². The van der Waals surface area contributed by atoms with Crippen LogP contribution in [0.3, 0.4) is 0 Å². The van der Waals surface area contributed by atoms with Gasteiger partial charge in [-0.3, -0.25) is 4.98 Å². The average Bonchev–Trinajstić information content (AvgIpc) is 2.01. The topological polar surface area (TPSA) is 63.8 Å². The second kappa shape index (κ2) is 4.26. The monoisotopic (exact) mass is 194 g/mol. The van der Waals surface area contributed by atoms with Crippen molar-refractivity contribution in [3.05, 3.63) is 12.4 Å². The number of rotatable bonds is 3. The van der Waals surface area contributed by atoms with E-state index >= 15 is 0 Å². The molecule has 0 amide bonds. The fourth-order valence-corrected chi connectivity index (χ4v) is 1.03. The summed E-state index contributed by atoms with van der Waals surface area (Å²) in [5.74, 6) is 1.19. The van der Waals surface area contributed by atoms with E-state index in [1.54, 1.807) is 6.20 Å². The molecule has 14 heavy (non-hydrogen) atoms. The van der Waals surface area contributed by atoms with Gasteiger partial charge < -0.3 is 11.1 Å². The highest BCUT2D eigenvalue weighted by atomic mass is 15.0. The normalized spacial score (nSPS) is 11.4. The van der Waals surface area contributed by atoms with E-state index in [9.17, 15) is 0 Å². The van der Waals surface area contributed by atoms with Crippen LogP contribution in [0.4, 0.5) is 11.6 Å². The van der Waals surface area contributed by atoms with E-state index in [2.05, 4.69) is 36.1 Å². The fourth-order valence-electron chi connectivity index (χ4n) is 1.03. The summed E-state index contributed by atoms with van der Waals surface area (Å²) in [5, 5.41) is 3.19. The van der Waals surface area contributed by atoms with Crippen LogP contribution in [0.15, 0.2) is 12.4 Å². The molecule has 1 rings (SSSR count). The van der Waals surface area contributed by atoms with Crippen molar-refractivity contribution in [2.24, 2.45) is 5.41 Å². The molecule has 0 saturated heterocycles. The van der Waals surface area contributed by atoms with Crippen LogP contribution in [-0.4, -0.2) is 16.5 Å². The number of hydrogen-bond acceptors (Lipinski definition) is 4. The Hall–Kier alpha value is -1.32. The first-order valence-electron chi connectivity index (χ1n) is 4.79. The Balaban J connectivity index is 2.39. The maximum absolute atomic E-state index is 5.50. The van der Waals surface area contributed by atoms with E-state index in [4.69, 9.17) is 5.73 Å². The van der Waals surface area contributed by atoms with E-state index in [1.165, 1.54) is 6.20 Å². The highest BCUT2D eigenvalue weighted by molar-refractivity contribution is 5.38. The predicted octanol–water partition coefficient (Wildman–Crippen LogP) is 1.91. The number of nitrogen functional groups attached to an aromatic ring is 1. The zero-order valence-corrected chi connectivity index (χ0v) is 9.04. The lowest BCUT2D eigenvalue weighted by Crippen LogP contribution is -2.13. The van der Waals surface area contributed by atoms with Gasteiger partial charge in [0, 0.05) is 6.54 Å². The number of nitrogens with zero attached hydrogens (tertiary/aromatic N) is 2. The lowest BCUT2D eigenvalue weighted by Gasteiger charge is -2.18. The Morgan fingerprint density at radius 2 is 2.07 bits per heavy atom. The van der Waals surface area contributed by atoms with Crippen molar-refractivity contribution in [1.82, 2.24) is 9.97 Å². The van der Waals surface area contributed by atoms with Crippen molar-refractivity contribution >= 4 is 11.6 Å². The fraction of sp³-hybridized carbons (Fsp3) is 0.600. The third-order valence-electron chi connectivity index (χ3n) is 1.83. The van der Waals surface area contributed by atoms with Crippen LogP contribution in [-0.2, 0) is 0 Å². The van der Waals surface area contributed by atoms with Gasteiger partial charge in [-0.25, -0.2) is 4.98 Å². The van der Waals surface area contributed by atoms with Gasteiger partial charge in [0.05, 0.1) is 12.4 Å². The summed E-state index contributed by atoms with van der Waals surface area (Å²) in [7, 11) is 0. The van der Waals surface area contributed by atoms with E-state index in [0.29, 0.717) is 11.2 Å². The van der Waals surface area contributed by atoms with Gasteiger partial charge in [-0.15, -0.1) is 0 Å². The van der Waals surface area contributed by atoms with E-state index in [1.807, 2.05) is 0 Å². The largest absolute Gasteiger partial charge is 0.382 e. The number of nitrogens with one attached hydrogen (secondary N) is 1. The minimum Gasteiger partial charge on any atom is -0.382 e. The molecule has 4 nitrogen and oxygen atoms in total.